The maximum atomic E-state index is 13.7. The highest BCUT2D eigenvalue weighted by Gasteiger charge is 2.41. The molecular formula is C23H18F6N4O2. The second-order valence-electron chi connectivity index (χ2n) is 7.76. The van der Waals surface area contributed by atoms with Gasteiger partial charge in [-0.3, -0.25) is 4.79 Å². The molecule has 0 aliphatic carbocycles. The molecule has 0 bridgehead atoms. The summed E-state index contributed by atoms with van der Waals surface area (Å²) in [6, 6.07) is 11.8. The van der Waals surface area contributed by atoms with Gasteiger partial charge in [0.15, 0.2) is 11.9 Å². The lowest BCUT2D eigenvalue weighted by atomic mass is 10.0. The fraction of sp³-hybridized carbons (Fsp3) is 0.217. The number of hydrogen-bond acceptors (Lipinski definition) is 4. The first-order valence-electron chi connectivity index (χ1n) is 10.3. The molecule has 1 amide bonds. The second-order valence-corrected chi connectivity index (χ2v) is 7.76. The number of aliphatic hydroxyl groups excluding tert-OH is 1. The molecule has 184 valence electrons. The molecular weight excluding hydrogens is 478 g/mol. The highest BCUT2D eigenvalue weighted by atomic mass is 19.4. The Morgan fingerprint density at radius 2 is 1.66 bits per heavy atom. The number of amides is 1. The van der Waals surface area contributed by atoms with Crippen LogP contribution in [-0.4, -0.2) is 27.3 Å². The average molecular weight is 496 g/mol. The highest BCUT2D eigenvalue weighted by molar-refractivity contribution is 5.81. The monoisotopic (exact) mass is 496 g/mol. The van der Waals surface area contributed by atoms with E-state index in [9.17, 15) is 36.2 Å². The summed E-state index contributed by atoms with van der Waals surface area (Å²) in [7, 11) is 0. The third-order valence-corrected chi connectivity index (χ3v) is 5.24. The minimum atomic E-state index is -4.78. The molecule has 1 aromatic heterocycles. The predicted octanol–water partition coefficient (Wildman–Crippen LogP) is 4.75. The molecule has 0 spiro atoms. The molecule has 0 saturated carbocycles. The zero-order chi connectivity index (χ0) is 25.4. The molecule has 6 nitrogen and oxygen atoms in total. The molecule has 2 heterocycles. The summed E-state index contributed by atoms with van der Waals surface area (Å²) >= 11 is 0. The number of carbonyl (C=O) groups excluding carboxylic acids is 1. The van der Waals surface area contributed by atoms with Crippen LogP contribution in [-0.2, 0) is 23.6 Å². The molecule has 3 aromatic rings. The Kier molecular flexibility index (Phi) is 6.32. The van der Waals surface area contributed by atoms with Gasteiger partial charge in [-0.15, -0.1) is 0 Å². The summed E-state index contributed by atoms with van der Waals surface area (Å²) in [5, 5.41) is 19.3. The molecule has 12 heteroatoms. The molecule has 0 saturated heterocycles. The van der Waals surface area contributed by atoms with Gasteiger partial charge in [-0.25, -0.2) is 4.68 Å². The van der Waals surface area contributed by atoms with Crippen LogP contribution in [0.2, 0.25) is 0 Å². The van der Waals surface area contributed by atoms with Crippen LogP contribution in [0.15, 0.2) is 66.4 Å². The Labute approximate surface area is 194 Å². The van der Waals surface area contributed by atoms with Crippen molar-refractivity contribution >= 4 is 11.7 Å². The van der Waals surface area contributed by atoms with Crippen molar-refractivity contribution in [1.29, 1.82) is 0 Å². The predicted molar refractivity (Wildman–Crippen MR) is 114 cm³/mol. The summed E-state index contributed by atoms with van der Waals surface area (Å²) in [5.41, 5.74) is -1.47. The number of halogens is 6. The highest BCUT2D eigenvalue weighted by Crippen LogP contribution is 2.43. The van der Waals surface area contributed by atoms with Crippen LogP contribution in [0.1, 0.15) is 23.0 Å². The Balaban J connectivity index is 1.49. The lowest BCUT2D eigenvalue weighted by Gasteiger charge is -2.23. The third kappa shape index (κ3) is 5.32. The number of aromatic nitrogens is 2. The first kappa shape index (κ1) is 24.3. The van der Waals surface area contributed by atoms with Crippen molar-refractivity contribution in [2.24, 2.45) is 0 Å². The van der Waals surface area contributed by atoms with Crippen molar-refractivity contribution in [3.05, 3.63) is 83.2 Å². The maximum absolute atomic E-state index is 13.7. The van der Waals surface area contributed by atoms with Gasteiger partial charge in [0.05, 0.1) is 24.1 Å². The molecule has 0 radical (unpaired) electrons. The van der Waals surface area contributed by atoms with E-state index in [4.69, 9.17) is 0 Å². The normalized spacial score (nSPS) is 15.7. The Morgan fingerprint density at radius 3 is 2.26 bits per heavy atom. The number of benzene rings is 2. The Bertz CT molecular complexity index is 1250. The molecule has 4 rings (SSSR count). The summed E-state index contributed by atoms with van der Waals surface area (Å²) in [6.07, 6.45) is -9.80. The van der Waals surface area contributed by atoms with Gasteiger partial charge in [0.25, 0.3) is 0 Å². The quantitative estimate of drug-likeness (QED) is 0.446. The van der Waals surface area contributed by atoms with Crippen molar-refractivity contribution in [2.45, 2.75) is 25.0 Å². The van der Waals surface area contributed by atoms with E-state index in [1.165, 1.54) is 30.3 Å². The van der Waals surface area contributed by atoms with Gasteiger partial charge in [0.1, 0.15) is 5.82 Å². The van der Waals surface area contributed by atoms with E-state index in [1.54, 1.807) is 18.2 Å². The van der Waals surface area contributed by atoms with Gasteiger partial charge >= 0.3 is 12.4 Å². The molecule has 1 aliphatic rings. The third-order valence-electron chi connectivity index (χ3n) is 5.24. The second kappa shape index (κ2) is 9.10. The van der Waals surface area contributed by atoms with Gasteiger partial charge in [-0.1, -0.05) is 42.5 Å². The Hall–Kier alpha value is -3.80. The maximum Gasteiger partial charge on any atom is 0.435 e. The summed E-state index contributed by atoms with van der Waals surface area (Å²) < 4.78 is 79.8. The van der Waals surface area contributed by atoms with Crippen LogP contribution in [0.5, 0.6) is 0 Å². The van der Waals surface area contributed by atoms with Crippen LogP contribution in [0.3, 0.4) is 0 Å². The van der Waals surface area contributed by atoms with Crippen LogP contribution in [0, 0.1) is 0 Å². The molecule has 1 unspecified atom stereocenters. The largest absolute Gasteiger partial charge is 0.435 e. The van der Waals surface area contributed by atoms with Gasteiger partial charge in [-0.2, -0.15) is 31.4 Å². The van der Waals surface area contributed by atoms with E-state index in [2.05, 4.69) is 15.7 Å². The topological polar surface area (TPSA) is 79.2 Å². The zero-order valence-corrected chi connectivity index (χ0v) is 17.8. The molecule has 3 N–H and O–H groups in total. The average Bonchev–Trinajstić information content (AvgIpc) is 3.19. The fourth-order valence-electron chi connectivity index (χ4n) is 3.62. The van der Waals surface area contributed by atoms with Crippen LogP contribution < -0.4 is 10.6 Å². The van der Waals surface area contributed by atoms with Gasteiger partial charge in [0, 0.05) is 5.70 Å². The molecule has 35 heavy (non-hydrogen) atoms. The Morgan fingerprint density at radius 1 is 1.00 bits per heavy atom. The van der Waals surface area contributed by atoms with E-state index < -0.39 is 35.7 Å². The number of rotatable bonds is 5. The van der Waals surface area contributed by atoms with E-state index in [0.29, 0.717) is 5.56 Å². The van der Waals surface area contributed by atoms with Crippen molar-refractivity contribution in [1.82, 2.24) is 15.1 Å². The summed E-state index contributed by atoms with van der Waals surface area (Å²) in [6.45, 7) is -0.169. The van der Waals surface area contributed by atoms with Gasteiger partial charge in [-0.05, 0) is 29.3 Å². The lowest BCUT2D eigenvalue weighted by Crippen LogP contribution is -2.31. The lowest BCUT2D eigenvalue weighted by molar-refractivity contribution is -0.141. The fourth-order valence-corrected chi connectivity index (χ4v) is 3.62. The van der Waals surface area contributed by atoms with Crippen molar-refractivity contribution in [2.75, 3.05) is 11.9 Å². The van der Waals surface area contributed by atoms with Crippen molar-refractivity contribution in [3.8, 4) is 11.1 Å². The summed E-state index contributed by atoms with van der Waals surface area (Å²) in [4.78, 5) is 12.3. The number of nitrogens with zero attached hydrogens (tertiary/aromatic N) is 2. The number of fused-ring (bicyclic) bond motifs is 1. The van der Waals surface area contributed by atoms with Crippen LogP contribution >= 0.6 is 0 Å². The molecule has 2 aromatic carbocycles. The molecule has 1 aliphatic heterocycles. The smallest absolute Gasteiger partial charge is 0.368 e. The van der Waals surface area contributed by atoms with E-state index in [1.807, 2.05) is 0 Å². The SMILES string of the molecule is O=C(Cc1ccc(C(F)(F)F)cc1)NCC1=CC(O)n2nc(C(F)(F)F)c(-c3ccccc3)c2N1. The van der Waals surface area contributed by atoms with Gasteiger partial charge in [0.2, 0.25) is 5.91 Å². The van der Waals surface area contributed by atoms with Crippen LogP contribution in [0.4, 0.5) is 32.2 Å². The van der Waals surface area contributed by atoms with Crippen LogP contribution in [0.25, 0.3) is 11.1 Å². The number of hydrogen-bond donors (Lipinski definition) is 3. The number of nitrogens with one attached hydrogen (secondary N) is 2. The first-order chi connectivity index (χ1) is 16.4. The number of aliphatic hydroxyl groups is 1. The minimum absolute atomic E-state index is 0.0921. The minimum Gasteiger partial charge on any atom is -0.368 e. The van der Waals surface area contributed by atoms with Crippen molar-refractivity contribution in [3.63, 3.8) is 0 Å². The number of anilines is 1. The van der Waals surface area contributed by atoms with Crippen molar-refractivity contribution < 1.29 is 36.2 Å². The molecule has 0 fully saturated rings. The van der Waals surface area contributed by atoms with E-state index in [0.717, 1.165) is 16.8 Å². The zero-order valence-electron chi connectivity index (χ0n) is 17.8. The van der Waals surface area contributed by atoms with Gasteiger partial charge < -0.3 is 15.7 Å². The standard InChI is InChI=1S/C23H18F6N4O2/c24-22(25,26)15-8-6-13(7-9-15)10-17(34)30-12-16-11-18(35)33-21(31-16)19(14-4-2-1-3-5-14)20(32-33)23(27,28)29/h1-9,11,18,31,35H,10,12H2,(H,30,34). The van der Waals surface area contributed by atoms with E-state index in [-0.39, 0.29) is 35.6 Å². The number of carbonyl (C=O) groups is 1. The first-order valence-corrected chi connectivity index (χ1v) is 10.3. The van der Waals surface area contributed by atoms with E-state index >= 15 is 0 Å². The number of alkyl halides is 6. The molecule has 1 atom stereocenters. The summed E-state index contributed by atoms with van der Waals surface area (Å²) in [5.74, 6) is -0.620.